The third kappa shape index (κ3) is 10.9. The Kier molecular flexibility index (Phi) is 16.0. The summed E-state index contributed by atoms with van der Waals surface area (Å²) in [6.07, 6.45) is 13.9. The molecule has 0 unspecified atom stereocenters. The lowest BCUT2D eigenvalue weighted by Crippen LogP contribution is -2.15. The van der Waals surface area contributed by atoms with E-state index in [1.807, 2.05) is 0 Å². The maximum Gasteiger partial charge on any atom is -0.0308 e. The van der Waals surface area contributed by atoms with Gasteiger partial charge in [-0.05, 0) is 5.41 Å². The fraction of sp³-hybridized carbons (Fsp3) is 1.00. The van der Waals surface area contributed by atoms with E-state index in [0.717, 1.165) is 0 Å². The largest absolute Gasteiger partial charge is 0.0654 e. The van der Waals surface area contributed by atoms with Crippen molar-refractivity contribution < 1.29 is 0 Å². The summed E-state index contributed by atoms with van der Waals surface area (Å²) in [4.78, 5) is 0. The Morgan fingerprint density at radius 2 is 0.765 bits per heavy atom. The van der Waals surface area contributed by atoms with Crippen LogP contribution in [0.5, 0.6) is 0 Å². The molecular formula is C17H38. The molecule has 106 valence electrons. The summed E-state index contributed by atoms with van der Waals surface area (Å²) in [7, 11) is 0. The van der Waals surface area contributed by atoms with Crippen molar-refractivity contribution >= 4 is 0 Å². The molecule has 0 aromatic rings. The second-order valence-electron chi connectivity index (χ2n) is 5.33. The van der Waals surface area contributed by atoms with E-state index in [0.29, 0.717) is 5.41 Å². The summed E-state index contributed by atoms with van der Waals surface area (Å²) in [5.74, 6) is 0. The van der Waals surface area contributed by atoms with Crippen LogP contribution in [0.4, 0.5) is 0 Å². The van der Waals surface area contributed by atoms with E-state index in [1.54, 1.807) is 0 Å². The summed E-state index contributed by atoms with van der Waals surface area (Å²) in [5, 5.41) is 0. The Balaban J connectivity index is 0. The second-order valence-corrected chi connectivity index (χ2v) is 5.33. The van der Waals surface area contributed by atoms with Crippen LogP contribution in [0.3, 0.4) is 0 Å². The van der Waals surface area contributed by atoms with Gasteiger partial charge in [0.25, 0.3) is 0 Å². The van der Waals surface area contributed by atoms with E-state index < -0.39 is 0 Å². The second kappa shape index (κ2) is 14.1. The van der Waals surface area contributed by atoms with Gasteiger partial charge in [-0.1, -0.05) is 106 Å². The maximum atomic E-state index is 2.30. The molecule has 0 bridgehead atoms. The van der Waals surface area contributed by atoms with Crippen LogP contribution in [0.25, 0.3) is 0 Å². The molecule has 0 radical (unpaired) electrons. The molecule has 0 N–H and O–H groups in total. The number of rotatable bonds is 9. The van der Waals surface area contributed by atoms with Crippen LogP contribution >= 0.6 is 0 Å². The van der Waals surface area contributed by atoms with E-state index in [-0.39, 0.29) is 0 Å². The first-order valence-corrected chi connectivity index (χ1v) is 8.16. The molecule has 0 saturated carbocycles. The van der Waals surface area contributed by atoms with Gasteiger partial charge in [0, 0.05) is 0 Å². The fourth-order valence-corrected chi connectivity index (χ4v) is 2.35. The summed E-state index contributed by atoms with van der Waals surface area (Å²) in [5.41, 5.74) is 0.667. The first kappa shape index (κ1) is 19.3. The first-order chi connectivity index (χ1) is 8.16. The Labute approximate surface area is 112 Å². The van der Waals surface area contributed by atoms with Crippen molar-refractivity contribution in [1.82, 2.24) is 0 Å². The van der Waals surface area contributed by atoms with E-state index in [1.165, 1.54) is 64.2 Å². The predicted molar refractivity (Wildman–Crippen MR) is 82.6 cm³/mol. The molecular weight excluding hydrogens is 204 g/mol. The van der Waals surface area contributed by atoms with Crippen molar-refractivity contribution in [2.24, 2.45) is 5.41 Å². The minimum absolute atomic E-state index is 0.667. The van der Waals surface area contributed by atoms with Crippen LogP contribution in [0, 0.1) is 5.41 Å². The minimum Gasteiger partial charge on any atom is -0.0654 e. The molecule has 0 aliphatic heterocycles. The Bertz CT molecular complexity index is 98.5. The normalized spacial score (nSPS) is 10.9. The van der Waals surface area contributed by atoms with Crippen LogP contribution in [-0.4, -0.2) is 0 Å². The number of hydrogen-bond donors (Lipinski definition) is 0. The van der Waals surface area contributed by atoms with Gasteiger partial charge in [-0.3, -0.25) is 0 Å². The van der Waals surface area contributed by atoms with E-state index >= 15 is 0 Å². The molecule has 0 spiro atoms. The fourth-order valence-electron chi connectivity index (χ4n) is 2.35. The Morgan fingerprint density at radius 3 is 0.882 bits per heavy atom. The lowest BCUT2D eigenvalue weighted by Gasteiger charge is -2.28. The van der Waals surface area contributed by atoms with Gasteiger partial charge in [0.2, 0.25) is 0 Å². The summed E-state index contributed by atoms with van der Waals surface area (Å²) in [6, 6.07) is 0. The van der Waals surface area contributed by atoms with Gasteiger partial charge in [0.05, 0.1) is 0 Å². The van der Waals surface area contributed by atoms with Gasteiger partial charge in [-0.25, -0.2) is 0 Å². The van der Waals surface area contributed by atoms with E-state index in [4.69, 9.17) is 0 Å². The molecule has 17 heavy (non-hydrogen) atoms. The smallest absolute Gasteiger partial charge is 0.0308 e. The van der Waals surface area contributed by atoms with Crippen LogP contribution in [0.1, 0.15) is 106 Å². The number of hydrogen-bond acceptors (Lipinski definition) is 0. The lowest BCUT2D eigenvalue weighted by atomic mass is 9.78. The highest BCUT2D eigenvalue weighted by Crippen LogP contribution is 2.33. The topological polar surface area (TPSA) is 0 Å². The quantitative estimate of drug-likeness (QED) is 0.383. The lowest BCUT2D eigenvalue weighted by molar-refractivity contribution is 0.240. The molecule has 0 heterocycles. The zero-order valence-corrected chi connectivity index (χ0v) is 13.6. The molecule has 0 heteroatoms. The van der Waals surface area contributed by atoms with Crippen LogP contribution < -0.4 is 0 Å². The molecule has 0 aliphatic carbocycles. The Hall–Kier alpha value is 0. The molecule has 0 atom stereocenters. The van der Waals surface area contributed by atoms with Gasteiger partial charge in [-0.15, -0.1) is 0 Å². The molecule has 0 aromatic heterocycles. The third-order valence-electron chi connectivity index (χ3n) is 4.46. The van der Waals surface area contributed by atoms with Crippen LogP contribution in [0.2, 0.25) is 0 Å². The van der Waals surface area contributed by atoms with Crippen molar-refractivity contribution in [3.63, 3.8) is 0 Å². The first-order valence-electron chi connectivity index (χ1n) is 8.16. The Morgan fingerprint density at radius 1 is 0.471 bits per heavy atom. The summed E-state index contributed by atoms with van der Waals surface area (Å²) in [6.45, 7) is 13.7. The zero-order valence-electron chi connectivity index (χ0n) is 13.6. The standard InChI is InChI=1S/C9H20.C8H18/c1-5-9(6-2,7-3)8-4;1-3-5-7-8-6-4-2/h5-8H2,1-4H3;3-8H2,1-2H3. The molecule has 0 fully saturated rings. The molecule has 0 nitrogen and oxygen atoms in total. The summed E-state index contributed by atoms with van der Waals surface area (Å²) >= 11 is 0. The molecule has 0 aliphatic rings. The average molecular weight is 242 g/mol. The van der Waals surface area contributed by atoms with Crippen molar-refractivity contribution in [3.8, 4) is 0 Å². The third-order valence-corrected chi connectivity index (χ3v) is 4.46. The minimum atomic E-state index is 0.667. The molecule has 0 amide bonds. The van der Waals surface area contributed by atoms with Crippen molar-refractivity contribution in [2.75, 3.05) is 0 Å². The van der Waals surface area contributed by atoms with Crippen molar-refractivity contribution in [2.45, 2.75) is 106 Å². The SMILES string of the molecule is CCC(CC)(CC)CC.CCCCCCCC. The zero-order chi connectivity index (χ0) is 13.6. The van der Waals surface area contributed by atoms with Gasteiger partial charge in [0.15, 0.2) is 0 Å². The van der Waals surface area contributed by atoms with Crippen molar-refractivity contribution in [3.05, 3.63) is 0 Å². The van der Waals surface area contributed by atoms with E-state index in [2.05, 4.69) is 41.5 Å². The highest BCUT2D eigenvalue weighted by Gasteiger charge is 2.20. The summed E-state index contributed by atoms with van der Waals surface area (Å²) < 4.78 is 0. The van der Waals surface area contributed by atoms with Crippen LogP contribution in [0.15, 0.2) is 0 Å². The predicted octanol–water partition coefficient (Wildman–Crippen LogP) is 6.98. The molecule has 0 aromatic carbocycles. The molecule has 0 saturated heterocycles. The maximum absolute atomic E-state index is 2.30. The van der Waals surface area contributed by atoms with Gasteiger partial charge < -0.3 is 0 Å². The monoisotopic (exact) mass is 242 g/mol. The van der Waals surface area contributed by atoms with Gasteiger partial charge in [0.1, 0.15) is 0 Å². The average Bonchev–Trinajstić information content (AvgIpc) is 2.39. The van der Waals surface area contributed by atoms with Gasteiger partial charge >= 0.3 is 0 Å². The highest BCUT2D eigenvalue weighted by molar-refractivity contribution is 4.72. The number of unbranched alkanes of at least 4 members (excludes halogenated alkanes) is 5. The van der Waals surface area contributed by atoms with E-state index in [9.17, 15) is 0 Å². The molecule has 0 rings (SSSR count). The highest BCUT2D eigenvalue weighted by atomic mass is 14.3. The van der Waals surface area contributed by atoms with Crippen molar-refractivity contribution in [1.29, 1.82) is 0 Å². The van der Waals surface area contributed by atoms with Gasteiger partial charge in [-0.2, -0.15) is 0 Å². The van der Waals surface area contributed by atoms with Crippen LogP contribution in [-0.2, 0) is 0 Å².